The lowest BCUT2D eigenvalue weighted by molar-refractivity contribution is 0.527. The Morgan fingerprint density at radius 2 is 2.00 bits per heavy atom. The number of nitrogens with two attached hydrogens (primary N) is 1. The summed E-state index contributed by atoms with van der Waals surface area (Å²) >= 11 is 0. The van der Waals surface area contributed by atoms with E-state index in [0.717, 1.165) is 17.5 Å². The molecule has 0 saturated heterocycles. The number of benzene rings is 2. The van der Waals surface area contributed by atoms with E-state index in [1.807, 2.05) is 30.3 Å². The Bertz CT molecular complexity index is 845. The molecule has 0 radical (unpaired) electrons. The van der Waals surface area contributed by atoms with E-state index in [2.05, 4.69) is 19.1 Å². The second kappa shape index (κ2) is 5.22. The van der Waals surface area contributed by atoms with Crippen molar-refractivity contribution in [2.24, 2.45) is 12.8 Å². The minimum absolute atomic E-state index is 0.124. The summed E-state index contributed by atoms with van der Waals surface area (Å²) in [5.74, 6) is -0.352. The van der Waals surface area contributed by atoms with Gasteiger partial charge >= 0.3 is 5.76 Å². The number of aromatic nitrogens is 1. The highest BCUT2D eigenvalue weighted by Gasteiger charge is 2.12. The van der Waals surface area contributed by atoms with Crippen molar-refractivity contribution in [3.05, 3.63) is 69.7 Å². The Hall–Kier alpha value is -2.33. The van der Waals surface area contributed by atoms with Crippen LogP contribution in [0.2, 0.25) is 0 Å². The molecule has 1 unspecified atom stereocenters. The van der Waals surface area contributed by atoms with E-state index in [9.17, 15) is 4.79 Å². The lowest BCUT2D eigenvalue weighted by Crippen LogP contribution is -2.14. The molecule has 0 spiro atoms. The van der Waals surface area contributed by atoms with Gasteiger partial charge in [-0.15, -0.1) is 0 Å². The maximum atomic E-state index is 11.5. The van der Waals surface area contributed by atoms with Crippen molar-refractivity contribution in [2.45, 2.75) is 19.4 Å². The van der Waals surface area contributed by atoms with Gasteiger partial charge in [-0.2, -0.15) is 0 Å². The van der Waals surface area contributed by atoms with Gasteiger partial charge in [-0.05, 0) is 42.2 Å². The molecule has 3 aromatic rings. The predicted octanol–water partition coefficient (Wildman–Crippen LogP) is 2.68. The Balaban J connectivity index is 1.93. The molecule has 1 aromatic heterocycles. The third kappa shape index (κ3) is 2.50. The van der Waals surface area contributed by atoms with Gasteiger partial charge < -0.3 is 10.2 Å². The average Bonchev–Trinajstić information content (AvgIpc) is 2.76. The molecule has 3 rings (SSSR count). The van der Waals surface area contributed by atoms with Crippen LogP contribution in [-0.2, 0) is 13.5 Å². The van der Waals surface area contributed by atoms with E-state index in [1.54, 1.807) is 7.05 Å². The second-order valence-electron chi connectivity index (χ2n) is 5.39. The lowest BCUT2D eigenvalue weighted by atomic mass is 9.97. The van der Waals surface area contributed by atoms with Gasteiger partial charge in [-0.25, -0.2) is 4.79 Å². The molecule has 1 atom stereocenters. The zero-order chi connectivity index (χ0) is 15.0. The number of rotatable bonds is 3. The van der Waals surface area contributed by atoms with Crippen LogP contribution in [0.15, 0.2) is 51.7 Å². The first-order valence-corrected chi connectivity index (χ1v) is 6.96. The topological polar surface area (TPSA) is 61.2 Å². The van der Waals surface area contributed by atoms with Crippen molar-refractivity contribution in [1.82, 2.24) is 4.57 Å². The number of hydrogen-bond acceptors (Lipinski definition) is 3. The van der Waals surface area contributed by atoms with E-state index < -0.39 is 0 Å². The number of nitrogens with zero attached hydrogens (tertiary/aromatic N) is 1. The number of hydrogen-bond donors (Lipinski definition) is 1. The van der Waals surface area contributed by atoms with Crippen LogP contribution >= 0.6 is 0 Å². The molecular formula is C17H18N2O2. The van der Waals surface area contributed by atoms with Gasteiger partial charge in [0.25, 0.3) is 0 Å². The third-order valence-electron chi connectivity index (χ3n) is 3.95. The minimum atomic E-state index is -0.352. The van der Waals surface area contributed by atoms with Crippen LogP contribution in [0.1, 0.15) is 22.7 Å². The summed E-state index contributed by atoms with van der Waals surface area (Å²) in [4.78, 5) is 11.5. The van der Waals surface area contributed by atoms with Gasteiger partial charge in [-0.1, -0.05) is 30.3 Å². The van der Waals surface area contributed by atoms with Crippen LogP contribution < -0.4 is 11.5 Å². The predicted molar refractivity (Wildman–Crippen MR) is 83.3 cm³/mol. The highest BCUT2D eigenvalue weighted by molar-refractivity contribution is 5.73. The SMILES string of the molecule is Cc1ccccc1CC(N)c1ccc2c(c1)oc(=O)n2C. The first kappa shape index (κ1) is 13.6. The van der Waals surface area contributed by atoms with Gasteiger partial charge in [0.1, 0.15) is 0 Å². The molecule has 2 aromatic carbocycles. The molecule has 0 saturated carbocycles. The fourth-order valence-corrected chi connectivity index (χ4v) is 2.57. The number of aryl methyl sites for hydroxylation is 2. The fraction of sp³-hybridized carbons (Fsp3) is 0.235. The summed E-state index contributed by atoms with van der Waals surface area (Å²) in [6, 6.07) is 13.8. The zero-order valence-corrected chi connectivity index (χ0v) is 12.2. The molecule has 1 heterocycles. The molecule has 4 heteroatoms. The quantitative estimate of drug-likeness (QED) is 0.803. The second-order valence-corrected chi connectivity index (χ2v) is 5.39. The molecule has 108 valence electrons. The van der Waals surface area contributed by atoms with Crippen molar-refractivity contribution in [2.75, 3.05) is 0 Å². The van der Waals surface area contributed by atoms with Crippen LogP contribution in [0.5, 0.6) is 0 Å². The fourth-order valence-electron chi connectivity index (χ4n) is 2.57. The highest BCUT2D eigenvalue weighted by Crippen LogP contribution is 2.22. The van der Waals surface area contributed by atoms with Crippen molar-refractivity contribution in [1.29, 1.82) is 0 Å². The Kier molecular flexibility index (Phi) is 3.39. The normalized spacial score (nSPS) is 12.7. The van der Waals surface area contributed by atoms with Crippen LogP contribution in [0.3, 0.4) is 0 Å². The Morgan fingerprint density at radius 3 is 2.76 bits per heavy atom. The van der Waals surface area contributed by atoms with Crippen LogP contribution in [0.25, 0.3) is 11.1 Å². The molecule has 0 aliphatic heterocycles. The third-order valence-corrected chi connectivity index (χ3v) is 3.95. The molecular weight excluding hydrogens is 264 g/mol. The summed E-state index contributed by atoms with van der Waals surface area (Å²) in [5.41, 5.74) is 11.1. The molecule has 21 heavy (non-hydrogen) atoms. The standard InChI is InChI=1S/C17H18N2O2/c1-11-5-3-4-6-12(11)9-14(18)13-7-8-15-16(10-13)21-17(20)19(15)2/h3-8,10,14H,9,18H2,1-2H3. The Morgan fingerprint density at radius 1 is 1.24 bits per heavy atom. The monoisotopic (exact) mass is 282 g/mol. The van der Waals surface area contributed by atoms with Gasteiger partial charge in [0, 0.05) is 13.1 Å². The molecule has 0 amide bonds. The lowest BCUT2D eigenvalue weighted by Gasteiger charge is -2.13. The number of oxazole rings is 1. The summed E-state index contributed by atoms with van der Waals surface area (Å²) in [7, 11) is 1.70. The molecule has 0 aliphatic rings. The van der Waals surface area contributed by atoms with Gasteiger partial charge in [0.05, 0.1) is 5.52 Å². The summed E-state index contributed by atoms with van der Waals surface area (Å²) in [6.45, 7) is 2.08. The minimum Gasteiger partial charge on any atom is -0.408 e. The van der Waals surface area contributed by atoms with Crippen molar-refractivity contribution < 1.29 is 4.42 Å². The van der Waals surface area contributed by atoms with Crippen LogP contribution in [0.4, 0.5) is 0 Å². The zero-order valence-electron chi connectivity index (χ0n) is 12.2. The van der Waals surface area contributed by atoms with Crippen LogP contribution in [-0.4, -0.2) is 4.57 Å². The molecule has 0 aliphatic carbocycles. The summed E-state index contributed by atoms with van der Waals surface area (Å²) < 4.78 is 6.71. The van der Waals surface area contributed by atoms with Crippen LogP contribution in [0, 0.1) is 6.92 Å². The smallest absolute Gasteiger partial charge is 0.408 e. The maximum Gasteiger partial charge on any atom is 0.419 e. The molecule has 4 nitrogen and oxygen atoms in total. The maximum absolute atomic E-state index is 11.5. The Labute approximate surface area is 122 Å². The van der Waals surface area contributed by atoms with Gasteiger partial charge in [0.15, 0.2) is 5.58 Å². The van der Waals surface area contributed by atoms with Crippen molar-refractivity contribution in [3.8, 4) is 0 Å². The van der Waals surface area contributed by atoms with E-state index in [1.165, 1.54) is 15.7 Å². The van der Waals surface area contributed by atoms with Gasteiger partial charge in [-0.3, -0.25) is 4.57 Å². The largest absolute Gasteiger partial charge is 0.419 e. The first-order chi connectivity index (χ1) is 10.1. The number of fused-ring (bicyclic) bond motifs is 1. The van der Waals surface area contributed by atoms with Crippen molar-refractivity contribution >= 4 is 11.1 Å². The molecule has 0 bridgehead atoms. The molecule has 0 fully saturated rings. The van der Waals surface area contributed by atoms with E-state index in [4.69, 9.17) is 10.2 Å². The van der Waals surface area contributed by atoms with E-state index >= 15 is 0 Å². The average molecular weight is 282 g/mol. The van der Waals surface area contributed by atoms with E-state index in [-0.39, 0.29) is 11.8 Å². The summed E-state index contributed by atoms with van der Waals surface area (Å²) in [5, 5.41) is 0. The first-order valence-electron chi connectivity index (χ1n) is 6.96. The van der Waals surface area contributed by atoms with E-state index in [0.29, 0.717) is 5.58 Å². The highest BCUT2D eigenvalue weighted by atomic mass is 16.4. The van der Waals surface area contributed by atoms with Gasteiger partial charge in [0.2, 0.25) is 0 Å². The van der Waals surface area contributed by atoms with Crippen molar-refractivity contribution in [3.63, 3.8) is 0 Å². The summed E-state index contributed by atoms with van der Waals surface area (Å²) in [6.07, 6.45) is 0.759. The molecule has 2 N–H and O–H groups in total.